The van der Waals surface area contributed by atoms with E-state index in [-0.39, 0.29) is 12.1 Å². The Bertz CT molecular complexity index is 620. The molecular weight excluding hydrogens is 272 g/mol. The maximum absolute atomic E-state index is 12.2. The average molecular weight is 296 g/mol. The fourth-order valence-corrected chi connectivity index (χ4v) is 2.43. The predicted molar refractivity (Wildman–Crippen MR) is 92.2 cm³/mol. The summed E-state index contributed by atoms with van der Waals surface area (Å²) >= 11 is 0. The number of amides is 2. The first kappa shape index (κ1) is 16.1. The number of hydrogen-bond donors (Lipinski definition) is 2. The molecule has 22 heavy (non-hydrogen) atoms. The van der Waals surface area contributed by atoms with E-state index in [4.69, 9.17) is 0 Å². The molecule has 0 aliphatic heterocycles. The van der Waals surface area contributed by atoms with Crippen molar-refractivity contribution in [1.29, 1.82) is 0 Å². The third kappa shape index (κ3) is 4.10. The third-order valence-corrected chi connectivity index (χ3v) is 3.88. The molecule has 0 spiro atoms. The van der Waals surface area contributed by atoms with Crippen molar-refractivity contribution in [3.63, 3.8) is 0 Å². The van der Waals surface area contributed by atoms with Gasteiger partial charge in [0.1, 0.15) is 0 Å². The molecule has 2 rings (SSSR count). The van der Waals surface area contributed by atoms with Gasteiger partial charge in [0.2, 0.25) is 0 Å². The van der Waals surface area contributed by atoms with Gasteiger partial charge in [-0.05, 0) is 42.5 Å². The highest BCUT2D eigenvalue weighted by Gasteiger charge is 2.10. The molecule has 2 aromatic carbocycles. The van der Waals surface area contributed by atoms with E-state index in [2.05, 4.69) is 48.7 Å². The van der Waals surface area contributed by atoms with Crippen LogP contribution in [0.15, 0.2) is 48.5 Å². The minimum atomic E-state index is -0.173. The standard InChI is InChI=1S/C19H24N2O/c1-4-15-10-12-17(13-11-15)14(3)20-19(22)21-18-9-7-6-8-16(18)5-2/h6-14H,4-5H2,1-3H3,(H2,20,21,22)/t14-/m1/s1. The monoisotopic (exact) mass is 296 g/mol. The van der Waals surface area contributed by atoms with E-state index >= 15 is 0 Å². The first-order valence-corrected chi connectivity index (χ1v) is 7.88. The number of rotatable bonds is 5. The third-order valence-electron chi connectivity index (χ3n) is 3.88. The SMILES string of the molecule is CCc1ccc([C@@H](C)NC(=O)Nc2ccccc2CC)cc1. The number of benzene rings is 2. The summed E-state index contributed by atoms with van der Waals surface area (Å²) in [5.74, 6) is 0. The molecule has 0 bridgehead atoms. The summed E-state index contributed by atoms with van der Waals surface area (Å²) in [6, 6.07) is 16.0. The molecule has 0 unspecified atom stereocenters. The molecule has 0 fully saturated rings. The Morgan fingerprint density at radius 1 is 1.00 bits per heavy atom. The van der Waals surface area contributed by atoms with E-state index in [9.17, 15) is 4.79 Å². The van der Waals surface area contributed by atoms with E-state index in [0.29, 0.717) is 0 Å². The molecule has 3 heteroatoms. The lowest BCUT2D eigenvalue weighted by Gasteiger charge is -2.16. The smallest absolute Gasteiger partial charge is 0.319 e. The molecule has 0 aliphatic carbocycles. The summed E-state index contributed by atoms with van der Waals surface area (Å²) in [5.41, 5.74) is 4.42. The molecule has 2 aromatic rings. The summed E-state index contributed by atoms with van der Waals surface area (Å²) in [6.45, 7) is 6.21. The van der Waals surface area contributed by atoms with Gasteiger partial charge in [-0.2, -0.15) is 0 Å². The molecular formula is C19H24N2O. The van der Waals surface area contributed by atoms with Crippen LogP contribution in [-0.2, 0) is 12.8 Å². The van der Waals surface area contributed by atoms with Crippen LogP contribution < -0.4 is 10.6 Å². The normalized spacial score (nSPS) is 11.8. The lowest BCUT2D eigenvalue weighted by Crippen LogP contribution is -2.31. The van der Waals surface area contributed by atoms with Gasteiger partial charge in [-0.15, -0.1) is 0 Å². The molecule has 2 amide bonds. The van der Waals surface area contributed by atoms with E-state index in [1.807, 2.05) is 31.2 Å². The molecule has 2 N–H and O–H groups in total. The second kappa shape index (κ2) is 7.64. The van der Waals surface area contributed by atoms with Crippen LogP contribution in [0.4, 0.5) is 10.5 Å². The number of nitrogens with one attached hydrogen (secondary N) is 2. The molecule has 0 aromatic heterocycles. The first-order valence-electron chi connectivity index (χ1n) is 7.88. The van der Waals surface area contributed by atoms with Crippen molar-refractivity contribution in [3.05, 3.63) is 65.2 Å². The zero-order chi connectivity index (χ0) is 15.9. The molecule has 0 heterocycles. The molecule has 1 atom stereocenters. The lowest BCUT2D eigenvalue weighted by molar-refractivity contribution is 0.249. The maximum Gasteiger partial charge on any atom is 0.319 e. The quantitative estimate of drug-likeness (QED) is 0.825. The molecule has 116 valence electrons. The number of carbonyl (C=O) groups is 1. The number of aryl methyl sites for hydroxylation is 2. The van der Waals surface area contributed by atoms with E-state index in [1.54, 1.807) is 0 Å². The maximum atomic E-state index is 12.2. The van der Waals surface area contributed by atoms with E-state index in [0.717, 1.165) is 29.7 Å². The van der Waals surface area contributed by atoms with Crippen molar-refractivity contribution in [2.75, 3.05) is 5.32 Å². The van der Waals surface area contributed by atoms with Gasteiger partial charge in [0, 0.05) is 5.69 Å². The zero-order valence-electron chi connectivity index (χ0n) is 13.5. The highest BCUT2D eigenvalue weighted by molar-refractivity contribution is 5.90. The zero-order valence-corrected chi connectivity index (χ0v) is 13.5. The summed E-state index contributed by atoms with van der Waals surface area (Å²) in [6.07, 6.45) is 1.92. The Balaban J connectivity index is 1.98. The molecule has 0 radical (unpaired) electrons. The van der Waals surface area contributed by atoms with Crippen molar-refractivity contribution in [2.24, 2.45) is 0 Å². The van der Waals surface area contributed by atoms with Gasteiger partial charge in [0.05, 0.1) is 6.04 Å². The Morgan fingerprint density at radius 3 is 2.32 bits per heavy atom. The number of para-hydroxylation sites is 1. The summed E-state index contributed by atoms with van der Waals surface area (Å²) in [7, 11) is 0. The fourth-order valence-electron chi connectivity index (χ4n) is 2.43. The molecule has 0 aliphatic rings. The molecule has 0 saturated heterocycles. The first-order chi connectivity index (χ1) is 10.6. The number of hydrogen-bond acceptors (Lipinski definition) is 1. The molecule has 3 nitrogen and oxygen atoms in total. The van der Waals surface area contributed by atoms with Gasteiger partial charge >= 0.3 is 6.03 Å². The Kier molecular flexibility index (Phi) is 5.59. The van der Waals surface area contributed by atoms with Crippen molar-refractivity contribution in [1.82, 2.24) is 5.32 Å². The van der Waals surface area contributed by atoms with Crippen LogP contribution >= 0.6 is 0 Å². The van der Waals surface area contributed by atoms with Crippen LogP contribution in [0.5, 0.6) is 0 Å². The second-order valence-electron chi connectivity index (χ2n) is 5.43. The number of urea groups is 1. The van der Waals surface area contributed by atoms with Crippen LogP contribution in [0.25, 0.3) is 0 Å². The van der Waals surface area contributed by atoms with Gasteiger partial charge in [-0.1, -0.05) is 56.3 Å². The minimum Gasteiger partial charge on any atom is -0.331 e. The van der Waals surface area contributed by atoms with E-state index < -0.39 is 0 Å². The van der Waals surface area contributed by atoms with Gasteiger partial charge in [-0.3, -0.25) is 0 Å². The van der Waals surface area contributed by atoms with Crippen molar-refractivity contribution in [2.45, 2.75) is 39.7 Å². The van der Waals surface area contributed by atoms with Crippen LogP contribution in [0.3, 0.4) is 0 Å². The van der Waals surface area contributed by atoms with Crippen LogP contribution in [0.1, 0.15) is 43.5 Å². The van der Waals surface area contributed by atoms with Gasteiger partial charge < -0.3 is 10.6 Å². The van der Waals surface area contributed by atoms with Crippen molar-refractivity contribution < 1.29 is 4.79 Å². The fraction of sp³-hybridized carbons (Fsp3) is 0.316. The Labute approximate surface area is 132 Å². The van der Waals surface area contributed by atoms with Crippen LogP contribution in [-0.4, -0.2) is 6.03 Å². The topological polar surface area (TPSA) is 41.1 Å². The van der Waals surface area contributed by atoms with Gasteiger partial charge in [0.15, 0.2) is 0 Å². The number of anilines is 1. The van der Waals surface area contributed by atoms with Gasteiger partial charge in [-0.25, -0.2) is 4.79 Å². The Morgan fingerprint density at radius 2 is 1.68 bits per heavy atom. The Hall–Kier alpha value is -2.29. The predicted octanol–water partition coefficient (Wildman–Crippen LogP) is 4.69. The summed E-state index contributed by atoms with van der Waals surface area (Å²) < 4.78 is 0. The molecule has 0 saturated carbocycles. The second-order valence-corrected chi connectivity index (χ2v) is 5.43. The van der Waals surface area contributed by atoms with Crippen molar-refractivity contribution >= 4 is 11.7 Å². The highest BCUT2D eigenvalue weighted by Crippen LogP contribution is 2.17. The van der Waals surface area contributed by atoms with Crippen LogP contribution in [0.2, 0.25) is 0 Å². The highest BCUT2D eigenvalue weighted by atomic mass is 16.2. The van der Waals surface area contributed by atoms with Crippen LogP contribution in [0, 0.1) is 0 Å². The van der Waals surface area contributed by atoms with Crippen molar-refractivity contribution in [3.8, 4) is 0 Å². The summed E-state index contributed by atoms with van der Waals surface area (Å²) in [4.78, 5) is 12.2. The summed E-state index contributed by atoms with van der Waals surface area (Å²) in [5, 5.41) is 5.92. The average Bonchev–Trinajstić information content (AvgIpc) is 2.55. The van der Waals surface area contributed by atoms with Gasteiger partial charge in [0.25, 0.3) is 0 Å². The largest absolute Gasteiger partial charge is 0.331 e. The lowest BCUT2D eigenvalue weighted by atomic mass is 10.1. The number of carbonyl (C=O) groups excluding carboxylic acids is 1. The minimum absolute atomic E-state index is 0.0281. The van der Waals surface area contributed by atoms with E-state index in [1.165, 1.54) is 5.56 Å².